The van der Waals surface area contributed by atoms with E-state index in [0.717, 1.165) is 0 Å². The molecule has 1 amide bonds. The van der Waals surface area contributed by atoms with Gasteiger partial charge in [0, 0.05) is 6.54 Å². The average molecular weight is 254 g/mol. The van der Waals surface area contributed by atoms with E-state index in [-0.39, 0.29) is 13.0 Å². The van der Waals surface area contributed by atoms with Crippen LogP contribution in [-0.4, -0.2) is 38.2 Å². The molecule has 0 aromatic heterocycles. The van der Waals surface area contributed by atoms with Gasteiger partial charge in [-0.25, -0.2) is 9.52 Å². The second kappa shape index (κ2) is 6.28. The topological polar surface area (TPSA) is 122 Å². The molecule has 0 spiro atoms. The minimum absolute atomic E-state index is 0.306. The summed E-state index contributed by atoms with van der Waals surface area (Å²) in [6, 6.07) is 0. The third-order valence-corrected chi connectivity index (χ3v) is 2.21. The zero-order valence-corrected chi connectivity index (χ0v) is 9.70. The number of amides is 1. The predicted molar refractivity (Wildman–Crippen MR) is 53.9 cm³/mol. The van der Waals surface area contributed by atoms with Gasteiger partial charge < -0.3 is 9.84 Å². The molecule has 0 aromatic rings. The second-order valence-corrected chi connectivity index (χ2v) is 4.60. The van der Waals surface area contributed by atoms with Crippen molar-refractivity contribution in [2.24, 2.45) is 0 Å². The van der Waals surface area contributed by atoms with Gasteiger partial charge in [0.1, 0.15) is 0 Å². The first-order chi connectivity index (χ1) is 7.23. The molecule has 0 rings (SSSR count). The molecule has 0 aliphatic carbocycles. The number of nitrogens with one attached hydrogen (secondary N) is 2. The van der Waals surface area contributed by atoms with Gasteiger partial charge in [-0.15, -0.1) is 0 Å². The first-order valence-corrected chi connectivity index (χ1v) is 5.91. The summed E-state index contributed by atoms with van der Waals surface area (Å²) in [5, 5.41) is 8.26. The average Bonchev–Trinajstić information content (AvgIpc) is 1.98. The highest BCUT2D eigenvalue weighted by atomic mass is 32.2. The van der Waals surface area contributed by atoms with Crippen LogP contribution in [0.25, 0.3) is 0 Å². The van der Waals surface area contributed by atoms with E-state index in [1.54, 1.807) is 18.6 Å². The van der Waals surface area contributed by atoms with Gasteiger partial charge in [0.15, 0.2) is 0 Å². The van der Waals surface area contributed by atoms with Crippen molar-refractivity contribution in [3.05, 3.63) is 0 Å². The van der Waals surface area contributed by atoms with Crippen molar-refractivity contribution in [3.8, 4) is 0 Å². The number of carboxylic acid groups (broad SMARTS) is 1. The number of hydrogen-bond acceptors (Lipinski definition) is 5. The smallest absolute Gasteiger partial charge is 0.422 e. The number of carbonyl (C=O) groups excluding carboxylic acids is 1. The van der Waals surface area contributed by atoms with Crippen molar-refractivity contribution in [2.45, 2.75) is 26.4 Å². The molecule has 0 aliphatic rings. The summed E-state index contributed by atoms with van der Waals surface area (Å²) >= 11 is 0. The van der Waals surface area contributed by atoms with Crippen molar-refractivity contribution < 1.29 is 27.9 Å². The Morgan fingerprint density at radius 1 is 1.38 bits per heavy atom. The molecule has 0 bridgehead atoms. The van der Waals surface area contributed by atoms with Gasteiger partial charge in [0.25, 0.3) is 0 Å². The highest BCUT2D eigenvalue weighted by molar-refractivity contribution is 7.88. The predicted octanol–water partition coefficient (Wildman–Crippen LogP) is -0.570. The number of carboxylic acids is 1. The van der Waals surface area contributed by atoms with Crippen LogP contribution in [0.15, 0.2) is 0 Å². The van der Waals surface area contributed by atoms with E-state index < -0.39 is 28.4 Å². The fourth-order valence-corrected chi connectivity index (χ4v) is 1.39. The second-order valence-electron chi connectivity index (χ2n) is 3.10. The maximum Gasteiger partial charge on any atom is 0.422 e. The quantitative estimate of drug-likeness (QED) is 0.583. The molecular formula is C7H14N2O6S. The summed E-state index contributed by atoms with van der Waals surface area (Å²) in [7, 11) is -4.06. The summed E-state index contributed by atoms with van der Waals surface area (Å²) in [5.74, 6) is -1.15. The Labute approximate surface area is 93.2 Å². The Hall–Kier alpha value is -1.35. The third kappa shape index (κ3) is 8.00. The van der Waals surface area contributed by atoms with Gasteiger partial charge in [-0.3, -0.25) is 4.79 Å². The largest absolute Gasteiger partial charge is 0.481 e. The maximum absolute atomic E-state index is 11.1. The fourth-order valence-electron chi connectivity index (χ4n) is 0.676. The van der Waals surface area contributed by atoms with Crippen LogP contribution < -0.4 is 9.44 Å². The monoisotopic (exact) mass is 254 g/mol. The number of ether oxygens (including phenoxy) is 1. The van der Waals surface area contributed by atoms with E-state index in [1.807, 2.05) is 4.72 Å². The summed E-state index contributed by atoms with van der Waals surface area (Å²) in [6.07, 6.45) is -1.94. The van der Waals surface area contributed by atoms with Crippen LogP contribution in [0.1, 0.15) is 20.3 Å². The minimum Gasteiger partial charge on any atom is -0.481 e. The van der Waals surface area contributed by atoms with Gasteiger partial charge in [-0.1, -0.05) is 0 Å². The van der Waals surface area contributed by atoms with E-state index in [1.165, 1.54) is 0 Å². The molecule has 0 saturated carbocycles. The van der Waals surface area contributed by atoms with Crippen LogP contribution in [0.5, 0.6) is 0 Å². The van der Waals surface area contributed by atoms with Crippen molar-refractivity contribution in [2.75, 3.05) is 6.54 Å². The lowest BCUT2D eigenvalue weighted by molar-refractivity contribution is -0.136. The lowest BCUT2D eigenvalue weighted by atomic mass is 10.5. The van der Waals surface area contributed by atoms with Crippen LogP contribution >= 0.6 is 0 Å². The SMILES string of the molecule is CC(C)OC(=O)NS(=O)(=O)NCCC(=O)O. The summed E-state index contributed by atoms with van der Waals surface area (Å²) in [5.41, 5.74) is 0. The van der Waals surface area contributed by atoms with E-state index in [4.69, 9.17) is 5.11 Å². The van der Waals surface area contributed by atoms with E-state index in [0.29, 0.717) is 0 Å². The van der Waals surface area contributed by atoms with E-state index in [2.05, 4.69) is 4.74 Å². The molecule has 94 valence electrons. The van der Waals surface area contributed by atoms with Crippen LogP contribution in [-0.2, 0) is 19.7 Å². The van der Waals surface area contributed by atoms with Crippen LogP contribution in [0.2, 0.25) is 0 Å². The number of aliphatic carboxylic acids is 1. The Morgan fingerprint density at radius 3 is 2.38 bits per heavy atom. The molecule has 0 radical (unpaired) electrons. The zero-order valence-electron chi connectivity index (χ0n) is 8.89. The fraction of sp³-hybridized carbons (Fsp3) is 0.714. The summed E-state index contributed by atoms with van der Waals surface area (Å²) < 4.78 is 30.1. The third-order valence-electron chi connectivity index (χ3n) is 1.19. The van der Waals surface area contributed by atoms with Gasteiger partial charge in [0.05, 0.1) is 12.5 Å². The summed E-state index contributed by atoms with van der Waals surface area (Å²) in [4.78, 5) is 21.0. The molecule has 9 heteroatoms. The molecule has 3 N–H and O–H groups in total. The first kappa shape index (κ1) is 14.6. The lowest BCUT2D eigenvalue weighted by Crippen LogP contribution is -2.41. The molecule has 0 unspecified atom stereocenters. The minimum atomic E-state index is -4.06. The molecule has 8 nitrogen and oxygen atoms in total. The molecule has 16 heavy (non-hydrogen) atoms. The zero-order chi connectivity index (χ0) is 12.8. The normalized spacial score (nSPS) is 11.2. The molecule has 0 heterocycles. The van der Waals surface area contributed by atoms with Gasteiger partial charge in [-0.05, 0) is 13.8 Å². The molecule has 0 fully saturated rings. The Balaban J connectivity index is 4.05. The van der Waals surface area contributed by atoms with Gasteiger partial charge in [0.2, 0.25) is 0 Å². The van der Waals surface area contributed by atoms with Crippen molar-refractivity contribution in [1.29, 1.82) is 0 Å². The Kier molecular flexibility index (Phi) is 5.75. The van der Waals surface area contributed by atoms with E-state index in [9.17, 15) is 18.0 Å². The van der Waals surface area contributed by atoms with Crippen LogP contribution in [0.3, 0.4) is 0 Å². The van der Waals surface area contributed by atoms with Crippen molar-refractivity contribution in [1.82, 2.24) is 9.44 Å². The van der Waals surface area contributed by atoms with Crippen molar-refractivity contribution >= 4 is 22.3 Å². The highest BCUT2D eigenvalue weighted by Crippen LogP contribution is 1.90. The van der Waals surface area contributed by atoms with Crippen molar-refractivity contribution in [3.63, 3.8) is 0 Å². The molecule has 0 aliphatic heterocycles. The Morgan fingerprint density at radius 2 is 1.94 bits per heavy atom. The molecule has 0 aromatic carbocycles. The van der Waals surface area contributed by atoms with E-state index >= 15 is 0 Å². The molecule has 0 saturated heterocycles. The number of rotatable bonds is 6. The molecular weight excluding hydrogens is 240 g/mol. The van der Waals surface area contributed by atoms with Crippen LogP contribution in [0.4, 0.5) is 4.79 Å². The maximum atomic E-state index is 11.1. The molecule has 0 atom stereocenters. The number of hydrogen-bond donors (Lipinski definition) is 3. The van der Waals surface area contributed by atoms with Gasteiger partial charge >= 0.3 is 22.3 Å². The first-order valence-electron chi connectivity index (χ1n) is 4.43. The van der Waals surface area contributed by atoms with Gasteiger partial charge in [-0.2, -0.15) is 13.1 Å². The highest BCUT2D eigenvalue weighted by Gasteiger charge is 2.15. The number of carbonyl (C=O) groups is 2. The van der Waals surface area contributed by atoms with Crippen LogP contribution in [0, 0.1) is 0 Å². The standard InChI is InChI=1S/C7H14N2O6S/c1-5(2)15-7(12)9-16(13,14)8-4-3-6(10)11/h5,8H,3-4H2,1-2H3,(H,9,12)(H,10,11). The lowest BCUT2D eigenvalue weighted by Gasteiger charge is -2.10. The summed E-state index contributed by atoms with van der Waals surface area (Å²) in [6.45, 7) is 2.81. The Bertz CT molecular complexity index is 350.